The Morgan fingerprint density at radius 3 is 2.68 bits per heavy atom. The number of nitrogens with zero attached hydrogens (tertiary/aromatic N) is 2. The summed E-state index contributed by atoms with van der Waals surface area (Å²) >= 11 is 5.92. The number of hydrogen-bond acceptors (Lipinski definition) is 3. The predicted octanol–water partition coefficient (Wildman–Crippen LogP) is 3.47. The second-order valence-electron chi connectivity index (χ2n) is 4.85. The van der Waals surface area contributed by atoms with Crippen LogP contribution in [0.1, 0.15) is 18.5 Å². The van der Waals surface area contributed by atoms with Gasteiger partial charge in [-0.25, -0.2) is 4.79 Å². The van der Waals surface area contributed by atoms with E-state index in [1.54, 1.807) is 0 Å². The van der Waals surface area contributed by atoms with Crippen LogP contribution in [0.5, 0.6) is 0 Å². The molecule has 0 aliphatic rings. The summed E-state index contributed by atoms with van der Waals surface area (Å²) in [5.41, 5.74) is 1.14. The molecule has 116 valence electrons. The minimum Gasteiger partial charge on any atom is -0.357 e. The van der Waals surface area contributed by atoms with Gasteiger partial charge in [-0.1, -0.05) is 11.6 Å². The lowest BCUT2D eigenvalue weighted by Gasteiger charge is -2.14. The first kappa shape index (κ1) is 15.8. The van der Waals surface area contributed by atoms with Crippen LogP contribution in [0, 0.1) is 10.1 Å². The van der Waals surface area contributed by atoms with E-state index in [1.165, 1.54) is 18.2 Å². The molecule has 22 heavy (non-hydrogen) atoms. The largest absolute Gasteiger partial charge is 0.357 e. The molecular formula is C14H15ClN4O3. The van der Waals surface area contributed by atoms with Gasteiger partial charge in [-0.05, 0) is 24.6 Å². The summed E-state index contributed by atoms with van der Waals surface area (Å²) in [5.74, 6) is 0. The minimum atomic E-state index is -0.548. The third-order valence-corrected chi connectivity index (χ3v) is 3.43. The van der Waals surface area contributed by atoms with Gasteiger partial charge in [0.1, 0.15) is 0 Å². The first-order valence-corrected chi connectivity index (χ1v) is 6.88. The first-order chi connectivity index (χ1) is 10.4. The number of nitrogens with one attached hydrogen (secondary N) is 2. The summed E-state index contributed by atoms with van der Waals surface area (Å²) in [5, 5.41) is 16.1. The molecule has 0 saturated carbocycles. The fourth-order valence-electron chi connectivity index (χ4n) is 1.94. The monoisotopic (exact) mass is 322 g/mol. The highest BCUT2D eigenvalue weighted by Crippen LogP contribution is 2.26. The summed E-state index contributed by atoms with van der Waals surface area (Å²) in [7, 11) is 1.90. The Morgan fingerprint density at radius 2 is 2.14 bits per heavy atom. The lowest BCUT2D eigenvalue weighted by molar-refractivity contribution is -0.384. The molecule has 2 amide bonds. The van der Waals surface area contributed by atoms with Gasteiger partial charge < -0.3 is 15.2 Å². The molecule has 0 bridgehead atoms. The fraction of sp³-hybridized carbons (Fsp3) is 0.214. The Bertz CT molecular complexity index is 714. The number of hydrogen-bond donors (Lipinski definition) is 2. The Balaban J connectivity index is 2.01. The summed E-state index contributed by atoms with van der Waals surface area (Å²) in [6.45, 7) is 1.85. The Kier molecular flexibility index (Phi) is 4.67. The number of amides is 2. The lowest BCUT2D eigenvalue weighted by Crippen LogP contribution is -2.31. The molecule has 0 spiro atoms. The van der Waals surface area contributed by atoms with Crippen LogP contribution in [0.15, 0.2) is 36.7 Å². The van der Waals surface area contributed by atoms with E-state index in [1.807, 2.05) is 37.0 Å². The van der Waals surface area contributed by atoms with Crippen molar-refractivity contribution in [3.05, 3.63) is 57.4 Å². The van der Waals surface area contributed by atoms with Crippen LogP contribution in [-0.4, -0.2) is 15.5 Å². The van der Waals surface area contributed by atoms with Crippen molar-refractivity contribution in [1.29, 1.82) is 0 Å². The molecule has 0 aliphatic carbocycles. The van der Waals surface area contributed by atoms with E-state index in [0.29, 0.717) is 5.69 Å². The number of urea groups is 1. The van der Waals surface area contributed by atoms with Crippen molar-refractivity contribution in [2.45, 2.75) is 13.0 Å². The molecule has 1 aromatic heterocycles. The van der Waals surface area contributed by atoms with Gasteiger partial charge in [-0.3, -0.25) is 10.1 Å². The number of rotatable bonds is 4. The van der Waals surface area contributed by atoms with Crippen LogP contribution in [0.25, 0.3) is 0 Å². The van der Waals surface area contributed by atoms with E-state index >= 15 is 0 Å². The quantitative estimate of drug-likeness (QED) is 0.667. The predicted molar refractivity (Wildman–Crippen MR) is 84.1 cm³/mol. The van der Waals surface area contributed by atoms with Crippen molar-refractivity contribution in [3.63, 3.8) is 0 Å². The van der Waals surface area contributed by atoms with Gasteiger partial charge in [0.2, 0.25) is 0 Å². The van der Waals surface area contributed by atoms with Crippen LogP contribution in [0.3, 0.4) is 0 Å². The molecular weight excluding hydrogens is 308 g/mol. The number of halogens is 1. The van der Waals surface area contributed by atoms with Crippen LogP contribution < -0.4 is 10.6 Å². The maximum Gasteiger partial charge on any atom is 0.319 e. The van der Waals surface area contributed by atoms with Crippen molar-refractivity contribution >= 4 is 29.0 Å². The third-order valence-electron chi connectivity index (χ3n) is 3.11. The van der Waals surface area contributed by atoms with E-state index in [2.05, 4.69) is 10.6 Å². The first-order valence-electron chi connectivity index (χ1n) is 6.50. The molecule has 2 N–H and O–H groups in total. The Labute approximate surface area is 132 Å². The van der Waals surface area contributed by atoms with Gasteiger partial charge >= 0.3 is 6.03 Å². The highest BCUT2D eigenvalue weighted by atomic mass is 35.5. The number of carbonyl (C=O) groups is 1. The average molecular weight is 323 g/mol. The number of nitro benzene ring substituents is 1. The van der Waals surface area contributed by atoms with Crippen LogP contribution in [0.2, 0.25) is 5.02 Å². The van der Waals surface area contributed by atoms with Crippen molar-refractivity contribution in [1.82, 2.24) is 9.88 Å². The molecule has 2 rings (SSSR count). The maximum atomic E-state index is 12.0. The van der Waals surface area contributed by atoms with Crippen LogP contribution in [0.4, 0.5) is 16.2 Å². The number of aryl methyl sites for hydroxylation is 1. The number of non-ortho nitro benzene ring substituents is 1. The zero-order valence-electron chi connectivity index (χ0n) is 12.0. The molecule has 0 fully saturated rings. The molecule has 2 aromatic rings. The van der Waals surface area contributed by atoms with Gasteiger partial charge in [0, 0.05) is 31.6 Å². The normalized spacial score (nSPS) is 11.8. The van der Waals surface area contributed by atoms with Crippen molar-refractivity contribution in [2.24, 2.45) is 7.05 Å². The van der Waals surface area contributed by atoms with Crippen molar-refractivity contribution < 1.29 is 9.72 Å². The lowest BCUT2D eigenvalue weighted by atomic mass is 10.2. The zero-order chi connectivity index (χ0) is 16.3. The number of benzene rings is 1. The van der Waals surface area contributed by atoms with Crippen LogP contribution in [-0.2, 0) is 7.05 Å². The summed E-state index contributed by atoms with van der Waals surface area (Å²) in [4.78, 5) is 22.0. The second kappa shape index (κ2) is 6.48. The van der Waals surface area contributed by atoms with E-state index in [0.717, 1.165) is 5.56 Å². The SMILES string of the molecule is CC(NC(=O)Nc1ccc([N+](=O)[O-])cc1Cl)c1ccn(C)c1. The summed E-state index contributed by atoms with van der Waals surface area (Å²) < 4.78 is 1.89. The number of anilines is 1. The molecule has 1 aromatic carbocycles. The van der Waals surface area contributed by atoms with Crippen molar-refractivity contribution in [2.75, 3.05) is 5.32 Å². The van der Waals surface area contributed by atoms with E-state index < -0.39 is 11.0 Å². The molecule has 1 unspecified atom stereocenters. The second-order valence-corrected chi connectivity index (χ2v) is 5.26. The fourth-order valence-corrected chi connectivity index (χ4v) is 2.16. The van der Waals surface area contributed by atoms with Gasteiger partial charge in [0.15, 0.2) is 0 Å². The summed E-state index contributed by atoms with van der Waals surface area (Å²) in [6, 6.07) is 5.15. The Hall–Kier alpha value is -2.54. The standard InChI is InChI=1S/C14H15ClN4O3/c1-9(10-5-6-18(2)8-10)16-14(20)17-13-4-3-11(19(21)22)7-12(13)15/h3-9H,1-2H3,(H2,16,17,20). The number of carbonyl (C=O) groups excluding carboxylic acids is 1. The smallest absolute Gasteiger partial charge is 0.319 e. The minimum absolute atomic E-state index is 0.108. The van der Waals surface area contributed by atoms with Gasteiger partial charge in [-0.15, -0.1) is 0 Å². The van der Waals surface area contributed by atoms with Crippen LogP contribution >= 0.6 is 11.6 Å². The number of aromatic nitrogens is 1. The van der Waals surface area contributed by atoms with E-state index in [-0.39, 0.29) is 16.8 Å². The molecule has 8 heteroatoms. The molecule has 0 aliphatic heterocycles. The van der Waals surface area contributed by atoms with E-state index in [9.17, 15) is 14.9 Å². The highest BCUT2D eigenvalue weighted by molar-refractivity contribution is 6.33. The molecule has 0 saturated heterocycles. The van der Waals surface area contributed by atoms with E-state index in [4.69, 9.17) is 11.6 Å². The average Bonchev–Trinajstić information content (AvgIpc) is 2.87. The third kappa shape index (κ3) is 3.76. The van der Waals surface area contributed by atoms with Gasteiger partial charge in [0.25, 0.3) is 5.69 Å². The maximum absolute atomic E-state index is 12.0. The topological polar surface area (TPSA) is 89.2 Å². The Morgan fingerprint density at radius 1 is 1.41 bits per heavy atom. The van der Waals surface area contributed by atoms with Gasteiger partial charge in [-0.2, -0.15) is 0 Å². The molecule has 1 heterocycles. The molecule has 0 radical (unpaired) electrons. The highest BCUT2D eigenvalue weighted by Gasteiger charge is 2.14. The van der Waals surface area contributed by atoms with Crippen molar-refractivity contribution in [3.8, 4) is 0 Å². The van der Waals surface area contributed by atoms with Gasteiger partial charge in [0.05, 0.1) is 21.7 Å². The molecule has 7 nitrogen and oxygen atoms in total. The summed E-state index contributed by atoms with van der Waals surface area (Å²) in [6.07, 6.45) is 3.79. The molecule has 1 atom stereocenters. The zero-order valence-corrected chi connectivity index (χ0v) is 12.8. The number of nitro groups is 1.